The van der Waals surface area contributed by atoms with E-state index in [1.165, 1.54) is 25.9 Å². The standard InChI is InChI=1S/C13H25NO2/c1-3-12(2,4-7-15)14-10-13(11-14)5-8-16-9-6-13/h15H,3-11H2,1-2H3. The van der Waals surface area contributed by atoms with Crippen LogP contribution in [-0.4, -0.2) is 48.5 Å². The van der Waals surface area contributed by atoms with Crippen LogP contribution in [0.15, 0.2) is 0 Å². The van der Waals surface area contributed by atoms with Gasteiger partial charge >= 0.3 is 0 Å². The molecule has 94 valence electrons. The Morgan fingerprint density at radius 1 is 1.31 bits per heavy atom. The molecular formula is C13H25NO2. The van der Waals surface area contributed by atoms with Crippen LogP contribution in [0.5, 0.6) is 0 Å². The van der Waals surface area contributed by atoms with E-state index < -0.39 is 0 Å². The Balaban J connectivity index is 1.90. The van der Waals surface area contributed by atoms with Crippen LogP contribution in [0.3, 0.4) is 0 Å². The lowest BCUT2D eigenvalue weighted by Crippen LogP contribution is -2.65. The highest BCUT2D eigenvalue weighted by Gasteiger charge is 2.49. The zero-order chi connectivity index (χ0) is 11.6. The second-order valence-corrected chi connectivity index (χ2v) is 5.79. The van der Waals surface area contributed by atoms with Gasteiger partial charge in [-0.1, -0.05) is 6.92 Å². The van der Waals surface area contributed by atoms with Crippen molar-refractivity contribution in [3.05, 3.63) is 0 Å². The Bertz CT molecular complexity index is 230. The number of aliphatic hydroxyl groups excluding tert-OH is 1. The molecule has 1 N–H and O–H groups in total. The van der Waals surface area contributed by atoms with Crippen LogP contribution in [0.2, 0.25) is 0 Å². The summed E-state index contributed by atoms with van der Waals surface area (Å²) in [4.78, 5) is 2.56. The molecule has 1 atom stereocenters. The van der Waals surface area contributed by atoms with Gasteiger partial charge in [0.2, 0.25) is 0 Å². The molecule has 2 rings (SSSR count). The fourth-order valence-corrected chi connectivity index (χ4v) is 3.07. The highest BCUT2D eigenvalue weighted by Crippen LogP contribution is 2.44. The van der Waals surface area contributed by atoms with Crippen molar-refractivity contribution in [2.24, 2.45) is 5.41 Å². The Kier molecular flexibility index (Phi) is 3.57. The van der Waals surface area contributed by atoms with Gasteiger partial charge in [-0.15, -0.1) is 0 Å². The molecule has 0 radical (unpaired) electrons. The minimum absolute atomic E-state index is 0.207. The largest absolute Gasteiger partial charge is 0.396 e. The van der Waals surface area contributed by atoms with Gasteiger partial charge < -0.3 is 9.84 Å². The first-order valence-corrected chi connectivity index (χ1v) is 6.58. The molecule has 0 aliphatic carbocycles. The van der Waals surface area contributed by atoms with Crippen molar-refractivity contribution in [3.63, 3.8) is 0 Å². The van der Waals surface area contributed by atoms with Crippen molar-refractivity contribution in [1.82, 2.24) is 4.90 Å². The predicted molar refractivity (Wildman–Crippen MR) is 64.5 cm³/mol. The number of hydrogen-bond acceptors (Lipinski definition) is 3. The van der Waals surface area contributed by atoms with Crippen LogP contribution in [0.1, 0.15) is 39.5 Å². The summed E-state index contributed by atoms with van der Waals surface area (Å²) < 4.78 is 5.44. The van der Waals surface area contributed by atoms with Crippen molar-refractivity contribution in [3.8, 4) is 0 Å². The lowest BCUT2D eigenvalue weighted by molar-refractivity contribution is -0.126. The fourth-order valence-electron chi connectivity index (χ4n) is 3.07. The molecule has 0 aromatic heterocycles. The van der Waals surface area contributed by atoms with E-state index in [-0.39, 0.29) is 5.54 Å². The Hall–Kier alpha value is -0.120. The highest BCUT2D eigenvalue weighted by molar-refractivity contribution is 5.02. The summed E-state index contributed by atoms with van der Waals surface area (Å²) in [5, 5.41) is 9.16. The van der Waals surface area contributed by atoms with Gasteiger partial charge in [-0.2, -0.15) is 0 Å². The second-order valence-electron chi connectivity index (χ2n) is 5.79. The third-order valence-corrected chi connectivity index (χ3v) is 4.78. The molecule has 0 aromatic carbocycles. The molecule has 2 saturated heterocycles. The number of aliphatic hydroxyl groups is 1. The Morgan fingerprint density at radius 3 is 2.44 bits per heavy atom. The summed E-state index contributed by atoms with van der Waals surface area (Å²) in [6.45, 7) is 9.12. The molecule has 2 aliphatic rings. The molecule has 0 saturated carbocycles. The number of nitrogens with zero attached hydrogens (tertiary/aromatic N) is 1. The topological polar surface area (TPSA) is 32.7 Å². The summed E-state index contributed by atoms with van der Waals surface area (Å²) in [7, 11) is 0. The number of hydrogen-bond donors (Lipinski definition) is 1. The molecule has 2 fully saturated rings. The highest BCUT2D eigenvalue weighted by atomic mass is 16.5. The number of rotatable bonds is 4. The molecule has 3 heteroatoms. The molecule has 0 amide bonds. The third kappa shape index (κ3) is 2.13. The zero-order valence-corrected chi connectivity index (χ0v) is 10.7. The normalized spacial score (nSPS) is 28.7. The van der Waals surface area contributed by atoms with Gasteiger partial charge in [-0.05, 0) is 32.6 Å². The lowest BCUT2D eigenvalue weighted by Gasteiger charge is -2.59. The van der Waals surface area contributed by atoms with E-state index in [9.17, 15) is 0 Å². The van der Waals surface area contributed by atoms with Gasteiger partial charge in [-0.25, -0.2) is 0 Å². The average molecular weight is 227 g/mol. The summed E-state index contributed by atoms with van der Waals surface area (Å²) in [6.07, 6.45) is 4.47. The first-order chi connectivity index (χ1) is 7.64. The second kappa shape index (κ2) is 4.63. The first kappa shape index (κ1) is 12.3. The SMILES string of the molecule is CCC(C)(CCO)N1CC2(CCOCC2)C1. The van der Waals surface area contributed by atoms with Crippen molar-refractivity contribution < 1.29 is 9.84 Å². The predicted octanol–water partition coefficient (Wildman–Crippen LogP) is 1.65. The van der Waals surface area contributed by atoms with Crippen LogP contribution in [-0.2, 0) is 4.74 Å². The van der Waals surface area contributed by atoms with Crippen LogP contribution in [0.25, 0.3) is 0 Å². The molecule has 0 aromatic rings. The quantitative estimate of drug-likeness (QED) is 0.792. The fraction of sp³-hybridized carbons (Fsp3) is 1.00. The van der Waals surface area contributed by atoms with Crippen LogP contribution < -0.4 is 0 Å². The van der Waals surface area contributed by atoms with Crippen LogP contribution >= 0.6 is 0 Å². The van der Waals surface area contributed by atoms with Gasteiger partial charge in [0.25, 0.3) is 0 Å². The van der Waals surface area contributed by atoms with E-state index in [0.717, 1.165) is 26.1 Å². The van der Waals surface area contributed by atoms with Crippen molar-refractivity contribution >= 4 is 0 Å². The summed E-state index contributed by atoms with van der Waals surface area (Å²) >= 11 is 0. The molecule has 16 heavy (non-hydrogen) atoms. The molecular weight excluding hydrogens is 202 g/mol. The lowest BCUT2D eigenvalue weighted by atomic mass is 9.70. The number of likely N-dealkylation sites (tertiary alicyclic amines) is 1. The van der Waals surface area contributed by atoms with E-state index in [1.807, 2.05) is 0 Å². The maximum atomic E-state index is 9.16. The minimum Gasteiger partial charge on any atom is -0.396 e. The van der Waals surface area contributed by atoms with E-state index in [4.69, 9.17) is 9.84 Å². The first-order valence-electron chi connectivity index (χ1n) is 6.58. The maximum absolute atomic E-state index is 9.16. The summed E-state index contributed by atoms with van der Waals surface area (Å²) in [5.74, 6) is 0. The molecule has 1 unspecified atom stereocenters. The average Bonchev–Trinajstić information content (AvgIpc) is 2.27. The zero-order valence-electron chi connectivity index (χ0n) is 10.7. The van der Waals surface area contributed by atoms with Crippen molar-refractivity contribution in [1.29, 1.82) is 0 Å². The molecule has 2 heterocycles. The van der Waals surface area contributed by atoms with E-state index in [2.05, 4.69) is 18.7 Å². The Labute approximate surface area is 98.8 Å². The van der Waals surface area contributed by atoms with Gasteiger partial charge in [0.15, 0.2) is 0 Å². The molecule has 2 aliphatic heterocycles. The Morgan fingerprint density at radius 2 is 1.94 bits per heavy atom. The van der Waals surface area contributed by atoms with Gasteiger partial charge in [0.1, 0.15) is 0 Å². The summed E-state index contributed by atoms with van der Waals surface area (Å²) in [5.41, 5.74) is 0.752. The summed E-state index contributed by atoms with van der Waals surface area (Å²) in [6, 6.07) is 0. The monoisotopic (exact) mass is 227 g/mol. The number of ether oxygens (including phenoxy) is 1. The molecule has 3 nitrogen and oxygen atoms in total. The third-order valence-electron chi connectivity index (χ3n) is 4.78. The van der Waals surface area contributed by atoms with Crippen molar-refractivity contribution in [2.75, 3.05) is 32.9 Å². The van der Waals surface area contributed by atoms with Crippen LogP contribution in [0, 0.1) is 5.41 Å². The van der Waals surface area contributed by atoms with E-state index in [0.29, 0.717) is 12.0 Å². The smallest absolute Gasteiger partial charge is 0.0472 e. The van der Waals surface area contributed by atoms with E-state index >= 15 is 0 Å². The minimum atomic E-state index is 0.207. The van der Waals surface area contributed by atoms with Gasteiger partial charge in [-0.3, -0.25) is 4.90 Å². The van der Waals surface area contributed by atoms with Crippen LogP contribution in [0.4, 0.5) is 0 Å². The molecule has 0 bridgehead atoms. The molecule has 1 spiro atoms. The van der Waals surface area contributed by atoms with Gasteiger partial charge in [0.05, 0.1) is 0 Å². The van der Waals surface area contributed by atoms with Gasteiger partial charge in [0, 0.05) is 43.9 Å². The maximum Gasteiger partial charge on any atom is 0.0472 e. The van der Waals surface area contributed by atoms with E-state index in [1.54, 1.807) is 0 Å². The van der Waals surface area contributed by atoms with Crippen molar-refractivity contribution in [2.45, 2.75) is 45.1 Å².